The van der Waals surface area contributed by atoms with Gasteiger partial charge in [0.15, 0.2) is 5.76 Å². The lowest BCUT2D eigenvalue weighted by Crippen LogP contribution is -2.21. The van der Waals surface area contributed by atoms with E-state index in [4.69, 9.17) is 9.15 Å². The standard InChI is InChI=1S/C19H22N2O3/c1-14-6-5-7-15(12-14)20-21-19(22)18-11-10-17(24-18)13-23-16-8-3-2-4-9-16/h2-4,8-11,14H,5-7,12-13H2,1H3,(H,21,22)/b20-15+. The first-order chi connectivity index (χ1) is 11.7. The van der Waals surface area contributed by atoms with Crippen LogP contribution in [0, 0.1) is 5.92 Å². The molecule has 1 heterocycles. The fraction of sp³-hybridized carbons (Fsp3) is 0.368. The topological polar surface area (TPSA) is 63.8 Å². The van der Waals surface area contributed by atoms with Crippen LogP contribution in [0.1, 0.15) is 48.9 Å². The summed E-state index contributed by atoms with van der Waals surface area (Å²) < 4.78 is 11.1. The van der Waals surface area contributed by atoms with Gasteiger partial charge in [0.05, 0.1) is 0 Å². The maximum absolute atomic E-state index is 12.1. The van der Waals surface area contributed by atoms with Crippen molar-refractivity contribution in [2.45, 2.75) is 39.2 Å². The number of furan rings is 1. The van der Waals surface area contributed by atoms with Crippen molar-refractivity contribution in [2.75, 3.05) is 0 Å². The van der Waals surface area contributed by atoms with Crippen LogP contribution in [-0.2, 0) is 6.61 Å². The van der Waals surface area contributed by atoms with E-state index in [0.717, 1.165) is 30.7 Å². The molecule has 0 radical (unpaired) electrons. The fourth-order valence-electron chi connectivity index (χ4n) is 2.80. The Hall–Kier alpha value is -2.56. The molecule has 1 saturated carbocycles. The van der Waals surface area contributed by atoms with Crippen molar-refractivity contribution < 1.29 is 13.9 Å². The van der Waals surface area contributed by atoms with E-state index >= 15 is 0 Å². The third kappa shape index (κ3) is 4.47. The van der Waals surface area contributed by atoms with Crippen LogP contribution in [0.3, 0.4) is 0 Å². The van der Waals surface area contributed by atoms with Gasteiger partial charge in [0, 0.05) is 5.71 Å². The molecule has 1 N–H and O–H groups in total. The van der Waals surface area contributed by atoms with Crippen LogP contribution in [0.2, 0.25) is 0 Å². The average Bonchev–Trinajstić information content (AvgIpc) is 3.08. The molecule has 3 rings (SSSR count). The van der Waals surface area contributed by atoms with Gasteiger partial charge in [-0.05, 0) is 55.9 Å². The summed E-state index contributed by atoms with van der Waals surface area (Å²) in [7, 11) is 0. The smallest absolute Gasteiger partial charge is 0.307 e. The van der Waals surface area contributed by atoms with Crippen LogP contribution < -0.4 is 10.2 Å². The van der Waals surface area contributed by atoms with Crippen LogP contribution >= 0.6 is 0 Å². The Morgan fingerprint density at radius 3 is 2.92 bits per heavy atom. The van der Waals surface area contributed by atoms with E-state index in [1.807, 2.05) is 30.3 Å². The number of hydrogen-bond donors (Lipinski definition) is 1. The minimum atomic E-state index is -0.327. The van der Waals surface area contributed by atoms with E-state index in [-0.39, 0.29) is 18.3 Å². The van der Waals surface area contributed by atoms with Crippen molar-refractivity contribution in [3.63, 3.8) is 0 Å². The van der Waals surface area contributed by atoms with Crippen molar-refractivity contribution in [1.29, 1.82) is 0 Å². The zero-order valence-corrected chi connectivity index (χ0v) is 13.8. The molecule has 0 spiro atoms. The number of carbonyl (C=O) groups is 1. The highest BCUT2D eigenvalue weighted by Gasteiger charge is 2.15. The summed E-state index contributed by atoms with van der Waals surface area (Å²) in [5.41, 5.74) is 3.65. The van der Waals surface area contributed by atoms with Gasteiger partial charge in [0.25, 0.3) is 0 Å². The summed E-state index contributed by atoms with van der Waals surface area (Å²) >= 11 is 0. The number of hydrazone groups is 1. The number of rotatable bonds is 5. The molecule has 1 amide bonds. The molecular weight excluding hydrogens is 304 g/mol. The molecule has 1 aromatic heterocycles. The second kappa shape index (κ2) is 7.81. The maximum atomic E-state index is 12.1. The van der Waals surface area contributed by atoms with Crippen molar-refractivity contribution in [2.24, 2.45) is 11.0 Å². The van der Waals surface area contributed by atoms with Gasteiger partial charge in [-0.3, -0.25) is 4.79 Å². The lowest BCUT2D eigenvalue weighted by Gasteiger charge is -2.18. The highest BCUT2D eigenvalue weighted by atomic mass is 16.5. The zero-order valence-electron chi connectivity index (χ0n) is 13.8. The van der Waals surface area contributed by atoms with E-state index in [2.05, 4.69) is 17.5 Å². The Labute approximate surface area is 141 Å². The van der Waals surface area contributed by atoms with Gasteiger partial charge in [0.2, 0.25) is 0 Å². The number of nitrogens with one attached hydrogen (secondary N) is 1. The first kappa shape index (κ1) is 16.3. The molecule has 0 saturated heterocycles. The quantitative estimate of drug-likeness (QED) is 0.839. The molecule has 5 nitrogen and oxygen atoms in total. The Balaban J connectivity index is 1.53. The number of carbonyl (C=O) groups excluding carboxylic acids is 1. The lowest BCUT2D eigenvalue weighted by molar-refractivity contribution is 0.0922. The fourth-order valence-corrected chi connectivity index (χ4v) is 2.80. The molecule has 126 valence electrons. The Kier molecular flexibility index (Phi) is 5.31. The SMILES string of the molecule is CC1CCC/C(=N\NC(=O)c2ccc(COc3ccccc3)o2)C1. The molecule has 0 bridgehead atoms. The third-order valence-electron chi connectivity index (χ3n) is 4.07. The summed E-state index contributed by atoms with van der Waals surface area (Å²) in [6.07, 6.45) is 4.28. The van der Waals surface area contributed by atoms with E-state index in [0.29, 0.717) is 11.7 Å². The molecule has 5 heteroatoms. The Bertz CT molecular complexity index is 706. The van der Waals surface area contributed by atoms with Gasteiger partial charge >= 0.3 is 5.91 Å². The predicted octanol–water partition coefficient (Wildman–Crippen LogP) is 4.15. The molecule has 1 aliphatic rings. The lowest BCUT2D eigenvalue weighted by atomic mass is 9.89. The largest absolute Gasteiger partial charge is 0.486 e. The summed E-state index contributed by atoms with van der Waals surface area (Å²) in [4.78, 5) is 12.1. The van der Waals surface area contributed by atoms with Crippen LogP contribution in [0.4, 0.5) is 0 Å². The highest BCUT2D eigenvalue weighted by molar-refractivity contribution is 5.93. The number of amides is 1. The molecule has 0 aliphatic heterocycles. The zero-order chi connectivity index (χ0) is 16.8. The van der Waals surface area contributed by atoms with Crippen molar-refractivity contribution in [3.8, 4) is 5.75 Å². The van der Waals surface area contributed by atoms with E-state index in [1.165, 1.54) is 6.42 Å². The minimum Gasteiger partial charge on any atom is -0.486 e. The monoisotopic (exact) mass is 326 g/mol. The number of para-hydroxylation sites is 1. The van der Waals surface area contributed by atoms with Gasteiger partial charge < -0.3 is 9.15 Å². The number of nitrogens with zero attached hydrogens (tertiary/aromatic N) is 1. The molecule has 1 fully saturated rings. The maximum Gasteiger partial charge on any atom is 0.307 e. The molecule has 24 heavy (non-hydrogen) atoms. The number of ether oxygens (including phenoxy) is 1. The molecular formula is C19H22N2O3. The summed E-state index contributed by atoms with van der Waals surface area (Å²) in [6, 6.07) is 12.9. The Morgan fingerprint density at radius 2 is 2.12 bits per heavy atom. The normalized spacial score (nSPS) is 19.2. The highest BCUT2D eigenvalue weighted by Crippen LogP contribution is 2.21. The van der Waals surface area contributed by atoms with Crippen molar-refractivity contribution >= 4 is 11.6 Å². The Morgan fingerprint density at radius 1 is 1.29 bits per heavy atom. The van der Waals surface area contributed by atoms with E-state index in [9.17, 15) is 4.79 Å². The number of hydrogen-bond acceptors (Lipinski definition) is 4. The first-order valence-electron chi connectivity index (χ1n) is 8.33. The van der Waals surface area contributed by atoms with Gasteiger partial charge in [-0.1, -0.05) is 25.1 Å². The molecule has 1 aromatic carbocycles. The van der Waals surface area contributed by atoms with E-state index < -0.39 is 0 Å². The molecule has 1 unspecified atom stereocenters. The van der Waals surface area contributed by atoms with Crippen LogP contribution in [-0.4, -0.2) is 11.6 Å². The molecule has 2 aromatic rings. The van der Waals surface area contributed by atoms with Gasteiger partial charge in [0.1, 0.15) is 18.1 Å². The van der Waals surface area contributed by atoms with Gasteiger partial charge in [-0.25, -0.2) is 5.43 Å². The summed E-state index contributed by atoms with van der Waals surface area (Å²) in [5, 5.41) is 4.24. The van der Waals surface area contributed by atoms with E-state index in [1.54, 1.807) is 12.1 Å². The second-order valence-electron chi connectivity index (χ2n) is 6.19. The first-order valence-corrected chi connectivity index (χ1v) is 8.33. The summed E-state index contributed by atoms with van der Waals surface area (Å²) in [5.74, 6) is 1.92. The third-order valence-corrected chi connectivity index (χ3v) is 4.07. The van der Waals surface area contributed by atoms with Crippen LogP contribution in [0.15, 0.2) is 52.0 Å². The second-order valence-corrected chi connectivity index (χ2v) is 6.19. The summed E-state index contributed by atoms with van der Waals surface area (Å²) in [6.45, 7) is 2.49. The van der Waals surface area contributed by atoms with Crippen molar-refractivity contribution in [3.05, 3.63) is 54.0 Å². The van der Waals surface area contributed by atoms with Gasteiger partial charge in [-0.2, -0.15) is 5.10 Å². The molecule has 1 aliphatic carbocycles. The predicted molar refractivity (Wildman–Crippen MR) is 92.0 cm³/mol. The van der Waals surface area contributed by atoms with Crippen LogP contribution in [0.5, 0.6) is 5.75 Å². The van der Waals surface area contributed by atoms with Crippen LogP contribution in [0.25, 0.3) is 0 Å². The minimum absolute atomic E-state index is 0.245. The molecule has 1 atom stereocenters. The number of benzene rings is 1. The van der Waals surface area contributed by atoms with Crippen molar-refractivity contribution in [1.82, 2.24) is 5.43 Å². The van der Waals surface area contributed by atoms with Gasteiger partial charge in [-0.15, -0.1) is 0 Å². The average molecular weight is 326 g/mol.